The van der Waals surface area contributed by atoms with Crippen LogP contribution >= 0.6 is 0 Å². The van der Waals surface area contributed by atoms with Crippen LogP contribution in [0.1, 0.15) is 16.9 Å². The fraction of sp³-hybridized carbons (Fsp3) is 0.429. The molecular weight excluding hydrogens is 144 g/mol. The van der Waals surface area contributed by atoms with E-state index in [0.717, 1.165) is 19.5 Å². The summed E-state index contributed by atoms with van der Waals surface area (Å²) in [6.07, 6.45) is 2.51. The Morgan fingerprint density at radius 1 is 1.64 bits per heavy atom. The second kappa shape index (κ2) is 2.38. The lowest BCUT2D eigenvalue weighted by molar-refractivity contribution is 0.0641. The van der Waals surface area contributed by atoms with Crippen molar-refractivity contribution < 1.29 is 9.32 Å². The third-order valence-electron chi connectivity index (χ3n) is 1.80. The van der Waals surface area contributed by atoms with E-state index in [1.54, 1.807) is 11.0 Å². The lowest BCUT2D eigenvalue weighted by Crippen LogP contribution is -2.42. The summed E-state index contributed by atoms with van der Waals surface area (Å²) in [6.45, 7) is 1.71. The number of hydrogen-bond donors (Lipinski definition) is 0. The van der Waals surface area contributed by atoms with Gasteiger partial charge < -0.3 is 9.42 Å². The van der Waals surface area contributed by atoms with Crippen molar-refractivity contribution in [3.63, 3.8) is 0 Å². The molecule has 1 fully saturated rings. The molecule has 1 aliphatic heterocycles. The smallest absolute Gasteiger partial charge is 0.276 e. The van der Waals surface area contributed by atoms with Gasteiger partial charge in [0.15, 0.2) is 5.69 Å². The zero-order valence-electron chi connectivity index (χ0n) is 5.99. The summed E-state index contributed by atoms with van der Waals surface area (Å²) < 4.78 is 4.56. The molecule has 0 N–H and O–H groups in total. The Morgan fingerprint density at radius 3 is 2.91 bits per heavy atom. The van der Waals surface area contributed by atoms with Crippen LogP contribution in [0, 0.1) is 0 Å². The van der Waals surface area contributed by atoms with E-state index in [-0.39, 0.29) is 5.91 Å². The molecule has 1 aromatic heterocycles. The van der Waals surface area contributed by atoms with Crippen molar-refractivity contribution in [2.45, 2.75) is 6.42 Å². The highest BCUT2D eigenvalue weighted by Gasteiger charge is 2.22. The van der Waals surface area contributed by atoms with Crippen LogP contribution in [-0.4, -0.2) is 29.1 Å². The van der Waals surface area contributed by atoms with E-state index in [0.29, 0.717) is 5.69 Å². The summed E-state index contributed by atoms with van der Waals surface area (Å²) in [5.74, 6) is -0.0231. The summed E-state index contributed by atoms with van der Waals surface area (Å²) in [5, 5.41) is 3.55. The summed E-state index contributed by atoms with van der Waals surface area (Å²) in [4.78, 5) is 13.0. The van der Waals surface area contributed by atoms with E-state index < -0.39 is 0 Å². The summed E-state index contributed by atoms with van der Waals surface area (Å²) in [6, 6.07) is 1.58. The Balaban J connectivity index is 2.10. The first kappa shape index (κ1) is 6.39. The van der Waals surface area contributed by atoms with Crippen molar-refractivity contribution in [1.29, 1.82) is 0 Å². The maximum Gasteiger partial charge on any atom is 0.276 e. The van der Waals surface area contributed by atoms with Gasteiger partial charge in [0, 0.05) is 19.2 Å². The molecule has 0 atom stereocenters. The molecule has 1 aromatic rings. The Hall–Kier alpha value is -1.32. The number of likely N-dealkylation sites (tertiary alicyclic amines) is 1. The molecule has 2 heterocycles. The largest absolute Gasteiger partial charge is 0.364 e. The summed E-state index contributed by atoms with van der Waals surface area (Å²) >= 11 is 0. The molecule has 58 valence electrons. The fourth-order valence-corrected chi connectivity index (χ4v) is 1.00. The summed E-state index contributed by atoms with van der Waals surface area (Å²) in [7, 11) is 0. The average molecular weight is 152 g/mol. The van der Waals surface area contributed by atoms with Crippen LogP contribution in [0.3, 0.4) is 0 Å². The molecule has 2 rings (SSSR count). The normalized spacial score (nSPS) is 16.2. The van der Waals surface area contributed by atoms with E-state index in [2.05, 4.69) is 9.68 Å². The van der Waals surface area contributed by atoms with Gasteiger partial charge in [-0.05, 0) is 6.42 Å². The minimum atomic E-state index is -0.0231. The van der Waals surface area contributed by atoms with Gasteiger partial charge in [-0.1, -0.05) is 5.16 Å². The van der Waals surface area contributed by atoms with Gasteiger partial charge in [-0.2, -0.15) is 0 Å². The first-order valence-corrected chi connectivity index (χ1v) is 3.57. The van der Waals surface area contributed by atoms with Crippen molar-refractivity contribution >= 4 is 5.91 Å². The standard InChI is InChI=1S/C7H8N2O2/c10-7(9-3-1-4-9)6-2-5-11-8-6/h2,5H,1,3-4H2. The van der Waals surface area contributed by atoms with E-state index in [1.165, 1.54) is 6.26 Å². The highest BCUT2D eigenvalue weighted by atomic mass is 16.5. The van der Waals surface area contributed by atoms with Gasteiger partial charge >= 0.3 is 0 Å². The highest BCUT2D eigenvalue weighted by molar-refractivity contribution is 5.92. The molecule has 0 aromatic carbocycles. The zero-order valence-corrected chi connectivity index (χ0v) is 5.99. The number of rotatable bonds is 1. The first-order valence-electron chi connectivity index (χ1n) is 3.57. The maximum atomic E-state index is 11.3. The van der Waals surface area contributed by atoms with Gasteiger partial charge in [0.05, 0.1) is 0 Å². The molecule has 1 amide bonds. The van der Waals surface area contributed by atoms with Gasteiger partial charge in [0.1, 0.15) is 6.26 Å². The molecular formula is C7H8N2O2. The van der Waals surface area contributed by atoms with Crippen LogP contribution in [0.4, 0.5) is 0 Å². The fourth-order valence-electron chi connectivity index (χ4n) is 1.00. The Bertz CT molecular complexity index is 251. The van der Waals surface area contributed by atoms with Crippen molar-refractivity contribution in [1.82, 2.24) is 10.1 Å². The predicted molar refractivity (Wildman–Crippen MR) is 37.0 cm³/mol. The topological polar surface area (TPSA) is 46.3 Å². The van der Waals surface area contributed by atoms with E-state index >= 15 is 0 Å². The minimum absolute atomic E-state index is 0.0231. The average Bonchev–Trinajstić information content (AvgIpc) is 2.32. The number of carbonyl (C=O) groups is 1. The Labute approximate surface area is 63.8 Å². The van der Waals surface area contributed by atoms with Crippen molar-refractivity contribution in [2.75, 3.05) is 13.1 Å². The van der Waals surface area contributed by atoms with Gasteiger partial charge in [-0.15, -0.1) is 0 Å². The lowest BCUT2D eigenvalue weighted by Gasteiger charge is -2.29. The van der Waals surface area contributed by atoms with Gasteiger partial charge in [0.2, 0.25) is 0 Å². The van der Waals surface area contributed by atoms with Gasteiger partial charge in [-0.3, -0.25) is 4.79 Å². The molecule has 0 saturated carbocycles. The Morgan fingerprint density at radius 2 is 2.45 bits per heavy atom. The molecule has 11 heavy (non-hydrogen) atoms. The van der Waals surface area contributed by atoms with Crippen molar-refractivity contribution in [3.05, 3.63) is 18.0 Å². The number of amides is 1. The molecule has 0 aliphatic carbocycles. The molecule has 0 spiro atoms. The second-order valence-corrected chi connectivity index (χ2v) is 2.53. The van der Waals surface area contributed by atoms with Crippen LogP contribution in [0.15, 0.2) is 16.9 Å². The molecule has 1 saturated heterocycles. The lowest BCUT2D eigenvalue weighted by atomic mass is 10.2. The predicted octanol–water partition coefficient (Wildman–Crippen LogP) is 0.520. The SMILES string of the molecule is O=C(c1ccon1)N1CCC1. The minimum Gasteiger partial charge on any atom is -0.364 e. The maximum absolute atomic E-state index is 11.3. The molecule has 0 radical (unpaired) electrons. The van der Waals surface area contributed by atoms with Crippen molar-refractivity contribution in [2.24, 2.45) is 0 Å². The second-order valence-electron chi connectivity index (χ2n) is 2.53. The van der Waals surface area contributed by atoms with Gasteiger partial charge in [-0.25, -0.2) is 0 Å². The molecule has 4 nitrogen and oxygen atoms in total. The van der Waals surface area contributed by atoms with Crippen molar-refractivity contribution in [3.8, 4) is 0 Å². The van der Waals surface area contributed by atoms with Crippen LogP contribution in [0.5, 0.6) is 0 Å². The number of nitrogens with zero attached hydrogens (tertiary/aromatic N) is 2. The summed E-state index contributed by atoms with van der Waals surface area (Å²) in [5.41, 5.74) is 0.407. The van der Waals surface area contributed by atoms with E-state index in [9.17, 15) is 4.79 Å². The third-order valence-corrected chi connectivity index (χ3v) is 1.80. The Kier molecular flexibility index (Phi) is 1.38. The van der Waals surface area contributed by atoms with Crippen LogP contribution < -0.4 is 0 Å². The van der Waals surface area contributed by atoms with Crippen LogP contribution in [0.25, 0.3) is 0 Å². The number of aromatic nitrogens is 1. The molecule has 4 heteroatoms. The van der Waals surface area contributed by atoms with E-state index in [4.69, 9.17) is 0 Å². The number of hydrogen-bond acceptors (Lipinski definition) is 3. The van der Waals surface area contributed by atoms with Gasteiger partial charge in [0.25, 0.3) is 5.91 Å². The van der Waals surface area contributed by atoms with Crippen LogP contribution in [-0.2, 0) is 0 Å². The first-order chi connectivity index (χ1) is 5.38. The molecule has 0 bridgehead atoms. The third kappa shape index (κ3) is 1.00. The molecule has 1 aliphatic rings. The van der Waals surface area contributed by atoms with E-state index in [1.807, 2.05) is 0 Å². The highest BCUT2D eigenvalue weighted by Crippen LogP contribution is 2.10. The molecule has 0 unspecified atom stereocenters. The van der Waals surface area contributed by atoms with Crippen LogP contribution in [0.2, 0.25) is 0 Å². The zero-order chi connectivity index (χ0) is 7.68. The quantitative estimate of drug-likeness (QED) is 0.589. The number of carbonyl (C=O) groups excluding carboxylic acids is 1. The monoisotopic (exact) mass is 152 g/mol.